The number of amides is 1. The molecule has 2 aliphatic heterocycles. The second-order valence-electron chi connectivity index (χ2n) is 5.81. The van der Waals surface area contributed by atoms with Crippen molar-refractivity contribution in [2.24, 2.45) is 4.99 Å². The van der Waals surface area contributed by atoms with Crippen molar-refractivity contribution in [1.82, 2.24) is 4.90 Å². The van der Waals surface area contributed by atoms with Gasteiger partial charge in [-0.25, -0.2) is 9.79 Å². The first-order valence-corrected chi connectivity index (χ1v) is 9.55. The van der Waals surface area contributed by atoms with Gasteiger partial charge in [0.15, 0.2) is 5.17 Å². The molecule has 1 amide bonds. The number of fused-ring (bicyclic) bond motifs is 1. The molecule has 0 bridgehead atoms. The lowest BCUT2D eigenvalue weighted by molar-refractivity contribution is -0.141. The number of methoxy groups -OCH3 is 1. The van der Waals surface area contributed by atoms with Gasteiger partial charge in [-0.15, -0.1) is 0 Å². The third-order valence-electron chi connectivity index (χ3n) is 4.15. The van der Waals surface area contributed by atoms with E-state index in [-0.39, 0.29) is 12.5 Å². The van der Waals surface area contributed by atoms with E-state index >= 15 is 0 Å². The van der Waals surface area contributed by atoms with Crippen LogP contribution in [0.1, 0.15) is 24.9 Å². The molecule has 1 atom stereocenters. The first-order valence-electron chi connectivity index (χ1n) is 8.19. The lowest BCUT2D eigenvalue weighted by Crippen LogP contribution is -2.46. The van der Waals surface area contributed by atoms with Gasteiger partial charge in [0.05, 0.1) is 23.9 Å². The van der Waals surface area contributed by atoms with Gasteiger partial charge in [0, 0.05) is 24.3 Å². The van der Waals surface area contributed by atoms with Gasteiger partial charge in [-0.1, -0.05) is 41.6 Å². The average molecular weight is 395 g/mol. The van der Waals surface area contributed by atoms with E-state index in [0.717, 1.165) is 0 Å². The molecule has 1 aromatic rings. The maximum Gasteiger partial charge on any atom is 0.338 e. The Labute approximate surface area is 161 Å². The molecule has 1 saturated heterocycles. The van der Waals surface area contributed by atoms with Crippen molar-refractivity contribution >= 4 is 40.4 Å². The van der Waals surface area contributed by atoms with Crippen LogP contribution in [0.2, 0.25) is 5.02 Å². The van der Waals surface area contributed by atoms with Crippen molar-refractivity contribution in [2.45, 2.75) is 19.4 Å². The Morgan fingerprint density at radius 2 is 2.15 bits per heavy atom. The maximum atomic E-state index is 12.8. The Bertz CT molecular complexity index is 793. The van der Waals surface area contributed by atoms with E-state index < -0.39 is 12.0 Å². The molecule has 0 radical (unpaired) electrons. The fourth-order valence-corrected chi connectivity index (χ4v) is 4.19. The van der Waals surface area contributed by atoms with Gasteiger partial charge in [-0.3, -0.25) is 9.69 Å². The molecular formula is C18H19ClN2O4S. The molecule has 0 N–H and O–H groups in total. The molecule has 26 heavy (non-hydrogen) atoms. The van der Waals surface area contributed by atoms with E-state index in [1.165, 1.54) is 18.9 Å². The number of benzene rings is 1. The second-order valence-corrected chi connectivity index (χ2v) is 7.28. The number of rotatable bonds is 5. The Balaban J connectivity index is 2.07. The van der Waals surface area contributed by atoms with Crippen LogP contribution in [0.3, 0.4) is 0 Å². The van der Waals surface area contributed by atoms with Gasteiger partial charge in [0.25, 0.3) is 0 Å². The highest BCUT2D eigenvalue weighted by molar-refractivity contribution is 8.14. The normalized spacial score (nSPS) is 20.0. The minimum atomic E-state index is -0.647. The number of esters is 1. The topological polar surface area (TPSA) is 68.2 Å². The van der Waals surface area contributed by atoms with E-state index in [1.807, 2.05) is 18.2 Å². The zero-order chi connectivity index (χ0) is 18.7. The molecule has 0 saturated carbocycles. The van der Waals surface area contributed by atoms with Crippen molar-refractivity contribution < 1.29 is 19.1 Å². The summed E-state index contributed by atoms with van der Waals surface area (Å²) in [6.07, 6.45) is 0.385. The van der Waals surface area contributed by atoms with Crippen LogP contribution in [-0.2, 0) is 19.1 Å². The molecule has 2 aliphatic rings. The van der Waals surface area contributed by atoms with Crippen molar-refractivity contribution in [2.75, 3.05) is 26.1 Å². The number of hydrogen-bond acceptors (Lipinski definition) is 6. The number of ether oxygens (including phenoxy) is 2. The minimum Gasteiger partial charge on any atom is -0.460 e. The van der Waals surface area contributed by atoms with Crippen LogP contribution in [0.15, 0.2) is 40.5 Å². The summed E-state index contributed by atoms with van der Waals surface area (Å²) in [6.45, 7) is 2.17. The van der Waals surface area contributed by atoms with Crippen molar-refractivity contribution in [3.8, 4) is 0 Å². The first kappa shape index (κ1) is 18.9. The molecule has 0 spiro atoms. The molecule has 1 aromatic carbocycles. The van der Waals surface area contributed by atoms with Crippen molar-refractivity contribution in [3.05, 3.63) is 46.1 Å². The number of halogens is 1. The number of thioether (sulfide) groups is 1. The van der Waals surface area contributed by atoms with Crippen LogP contribution in [0.5, 0.6) is 0 Å². The number of allylic oxidation sites excluding steroid dienone is 1. The lowest BCUT2D eigenvalue weighted by Gasteiger charge is -2.39. The van der Waals surface area contributed by atoms with Crippen LogP contribution in [-0.4, -0.2) is 48.0 Å². The second kappa shape index (κ2) is 8.24. The van der Waals surface area contributed by atoms with Gasteiger partial charge in [0.2, 0.25) is 5.91 Å². The molecule has 3 rings (SSSR count). The number of aliphatic imine (C=N–C) groups is 1. The first-order chi connectivity index (χ1) is 12.5. The van der Waals surface area contributed by atoms with E-state index in [4.69, 9.17) is 21.1 Å². The molecule has 8 heteroatoms. The smallest absolute Gasteiger partial charge is 0.338 e. The highest BCUT2D eigenvalue weighted by Gasteiger charge is 2.42. The van der Waals surface area contributed by atoms with E-state index in [1.54, 1.807) is 17.9 Å². The standard InChI is InChI=1S/C18H19ClN2O4S/c1-11-15(17(23)25-9-8-24-2)16(12-5-3-4-6-13(12)19)21-14(22)7-10-26-18(21)20-11/h3-6,16H,7-10H2,1-2H3/t16-/m0/s1. The van der Waals surface area contributed by atoms with Gasteiger partial charge < -0.3 is 9.47 Å². The summed E-state index contributed by atoms with van der Waals surface area (Å²) in [4.78, 5) is 31.5. The highest BCUT2D eigenvalue weighted by Crippen LogP contribution is 2.42. The van der Waals surface area contributed by atoms with Crippen LogP contribution in [0, 0.1) is 0 Å². The predicted molar refractivity (Wildman–Crippen MR) is 101 cm³/mol. The zero-order valence-corrected chi connectivity index (χ0v) is 16.1. The summed E-state index contributed by atoms with van der Waals surface area (Å²) in [7, 11) is 1.53. The van der Waals surface area contributed by atoms with Gasteiger partial charge in [-0.05, 0) is 18.6 Å². The largest absolute Gasteiger partial charge is 0.460 e. The number of hydrogen-bond donors (Lipinski definition) is 0. The van der Waals surface area contributed by atoms with E-state index in [2.05, 4.69) is 4.99 Å². The number of carbonyl (C=O) groups excluding carboxylic acids is 2. The minimum absolute atomic E-state index is 0.0814. The number of nitrogens with zero attached hydrogens (tertiary/aromatic N) is 2. The average Bonchev–Trinajstić information content (AvgIpc) is 2.61. The Morgan fingerprint density at radius 3 is 2.88 bits per heavy atom. The van der Waals surface area contributed by atoms with Gasteiger partial charge >= 0.3 is 5.97 Å². The Kier molecular flexibility index (Phi) is 6.01. The van der Waals surface area contributed by atoms with Crippen LogP contribution < -0.4 is 0 Å². The molecule has 1 fully saturated rings. The monoisotopic (exact) mass is 394 g/mol. The molecule has 6 nitrogen and oxygen atoms in total. The molecule has 0 aromatic heterocycles. The summed E-state index contributed by atoms with van der Waals surface area (Å²) >= 11 is 7.90. The predicted octanol–water partition coefficient (Wildman–Crippen LogP) is 3.18. The van der Waals surface area contributed by atoms with Crippen molar-refractivity contribution in [1.29, 1.82) is 0 Å². The third-order valence-corrected chi connectivity index (χ3v) is 5.45. The van der Waals surface area contributed by atoms with E-state index in [9.17, 15) is 9.59 Å². The fourth-order valence-electron chi connectivity index (χ4n) is 2.94. The van der Waals surface area contributed by atoms with Crippen LogP contribution in [0.4, 0.5) is 0 Å². The van der Waals surface area contributed by atoms with Gasteiger partial charge in [0.1, 0.15) is 6.61 Å². The quantitative estimate of drug-likeness (QED) is 0.566. The van der Waals surface area contributed by atoms with E-state index in [0.29, 0.717) is 45.8 Å². The zero-order valence-electron chi connectivity index (χ0n) is 14.5. The lowest BCUT2D eigenvalue weighted by atomic mass is 9.94. The summed E-state index contributed by atoms with van der Waals surface area (Å²) in [5, 5.41) is 1.08. The van der Waals surface area contributed by atoms with Crippen LogP contribution in [0.25, 0.3) is 0 Å². The molecule has 0 unspecified atom stereocenters. The Hall–Kier alpha value is -1.83. The summed E-state index contributed by atoms with van der Waals surface area (Å²) in [5.41, 5.74) is 1.54. The maximum absolute atomic E-state index is 12.8. The fraction of sp³-hybridized carbons (Fsp3) is 0.389. The van der Waals surface area contributed by atoms with Gasteiger partial charge in [-0.2, -0.15) is 0 Å². The number of carbonyl (C=O) groups is 2. The SMILES string of the molecule is COCCOC(=O)C1=C(C)N=C2SCCC(=O)N2[C@H]1c1ccccc1Cl. The summed E-state index contributed by atoms with van der Waals surface area (Å²) in [5.74, 6) is 0.0716. The van der Waals surface area contributed by atoms with Crippen LogP contribution >= 0.6 is 23.4 Å². The van der Waals surface area contributed by atoms with Crippen molar-refractivity contribution in [3.63, 3.8) is 0 Å². The molecule has 138 valence electrons. The Morgan fingerprint density at radius 1 is 1.38 bits per heavy atom. The summed E-state index contributed by atoms with van der Waals surface area (Å²) in [6, 6.07) is 6.55. The molecular weight excluding hydrogens is 376 g/mol. The molecule has 2 heterocycles. The summed E-state index contributed by atoms with van der Waals surface area (Å²) < 4.78 is 10.3. The highest BCUT2D eigenvalue weighted by atomic mass is 35.5. The third kappa shape index (κ3) is 3.65. The molecule has 0 aliphatic carbocycles. The number of amidine groups is 1.